The maximum Gasteiger partial charge on any atom is 0.0629 e. The molecule has 18 heavy (non-hydrogen) atoms. The molecule has 0 bridgehead atoms. The smallest absolute Gasteiger partial charge is 0.0629 e. The van der Waals surface area contributed by atoms with E-state index in [0.717, 1.165) is 38.2 Å². The van der Waals surface area contributed by atoms with Crippen molar-refractivity contribution >= 4 is 23.2 Å². The zero-order valence-electron chi connectivity index (χ0n) is 10.2. The lowest BCUT2D eigenvalue weighted by molar-refractivity contribution is 0.130. The number of aliphatic hydroxyl groups excluding tert-OH is 1. The highest BCUT2D eigenvalue weighted by atomic mass is 35.5. The summed E-state index contributed by atoms with van der Waals surface area (Å²) >= 11 is 12.5. The number of rotatable bonds is 3. The van der Waals surface area contributed by atoms with Gasteiger partial charge in [0.05, 0.1) is 12.6 Å². The van der Waals surface area contributed by atoms with Crippen LogP contribution in [0.2, 0.25) is 10.0 Å². The Morgan fingerprint density at radius 1 is 1.22 bits per heavy atom. The average Bonchev–Trinajstić information content (AvgIpc) is 2.63. The SMILES string of the molecule is OCC(c1c(Cl)cccc1Cl)N1CCCNCC1. The fourth-order valence-corrected chi connectivity index (χ4v) is 3.05. The summed E-state index contributed by atoms with van der Waals surface area (Å²) in [7, 11) is 0. The van der Waals surface area contributed by atoms with Gasteiger partial charge < -0.3 is 10.4 Å². The third-order valence-corrected chi connectivity index (χ3v) is 3.98. The molecule has 0 saturated carbocycles. The van der Waals surface area contributed by atoms with Gasteiger partial charge in [0.15, 0.2) is 0 Å². The van der Waals surface area contributed by atoms with E-state index in [1.54, 1.807) is 0 Å². The van der Waals surface area contributed by atoms with Gasteiger partial charge >= 0.3 is 0 Å². The fourth-order valence-electron chi connectivity index (χ4n) is 2.40. The van der Waals surface area contributed by atoms with Crippen LogP contribution in [0, 0.1) is 0 Å². The number of aliphatic hydroxyl groups is 1. The van der Waals surface area contributed by atoms with Gasteiger partial charge in [-0.05, 0) is 25.1 Å². The molecule has 2 rings (SSSR count). The molecule has 1 atom stereocenters. The molecule has 0 radical (unpaired) electrons. The van der Waals surface area contributed by atoms with Crippen LogP contribution in [0.25, 0.3) is 0 Å². The average molecular weight is 289 g/mol. The molecule has 0 aliphatic carbocycles. The molecule has 2 N–H and O–H groups in total. The minimum atomic E-state index is -0.119. The van der Waals surface area contributed by atoms with Gasteiger partial charge in [0.25, 0.3) is 0 Å². The predicted octanol–water partition coefficient (Wildman–Crippen LogP) is 2.32. The molecule has 0 amide bonds. The standard InChI is InChI=1S/C13H18Cl2N2O/c14-10-3-1-4-11(15)13(10)12(9-18)17-7-2-5-16-6-8-17/h1,3-4,12,16,18H,2,5-9H2. The summed E-state index contributed by atoms with van der Waals surface area (Å²) in [6, 6.07) is 5.35. The first-order chi connectivity index (χ1) is 8.74. The number of halogens is 2. The van der Waals surface area contributed by atoms with E-state index >= 15 is 0 Å². The van der Waals surface area contributed by atoms with Crippen molar-refractivity contribution < 1.29 is 5.11 Å². The van der Waals surface area contributed by atoms with Gasteiger partial charge in [-0.2, -0.15) is 0 Å². The molecule has 5 heteroatoms. The van der Waals surface area contributed by atoms with Gasteiger partial charge in [-0.25, -0.2) is 0 Å². The van der Waals surface area contributed by atoms with E-state index in [1.807, 2.05) is 18.2 Å². The molecule has 1 unspecified atom stereocenters. The number of hydrogen-bond acceptors (Lipinski definition) is 3. The van der Waals surface area contributed by atoms with Crippen LogP contribution in [0.3, 0.4) is 0 Å². The highest BCUT2D eigenvalue weighted by Crippen LogP contribution is 2.33. The minimum absolute atomic E-state index is 0.0312. The van der Waals surface area contributed by atoms with E-state index in [2.05, 4.69) is 10.2 Å². The van der Waals surface area contributed by atoms with E-state index in [-0.39, 0.29) is 12.6 Å². The highest BCUT2D eigenvalue weighted by molar-refractivity contribution is 6.36. The van der Waals surface area contributed by atoms with E-state index in [1.165, 1.54) is 0 Å². The van der Waals surface area contributed by atoms with Gasteiger partial charge in [0, 0.05) is 35.2 Å². The van der Waals surface area contributed by atoms with Crippen LogP contribution in [0.4, 0.5) is 0 Å². The summed E-state index contributed by atoms with van der Waals surface area (Å²) in [5.41, 5.74) is 0.838. The van der Waals surface area contributed by atoms with Crippen LogP contribution in [-0.2, 0) is 0 Å². The molecular weight excluding hydrogens is 271 g/mol. The highest BCUT2D eigenvalue weighted by Gasteiger charge is 2.24. The van der Waals surface area contributed by atoms with Crippen molar-refractivity contribution in [2.24, 2.45) is 0 Å². The second-order valence-corrected chi connectivity index (χ2v) is 5.29. The normalized spacial score (nSPS) is 19.5. The maximum atomic E-state index is 9.69. The lowest BCUT2D eigenvalue weighted by Crippen LogP contribution is -2.34. The Labute approximate surface area is 118 Å². The molecule has 0 aromatic heterocycles. The molecule has 1 aliphatic rings. The van der Waals surface area contributed by atoms with Gasteiger partial charge in [-0.1, -0.05) is 29.3 Å². The molecular formula is C13H18Cl2N2O. The number of nitrogens with zero attached hydrogens (tertiary/aromatic N) is 1. The zero-order chi connectivity index (χ0) is 13.0. The van der Waals surface area contributed by atoms with Crippen molar-refractivity contribution in [3.05, 3.63) is 33.8 Å². The second kappa shape index (κ2) is 6.73. The summed E-state index contributed by atoms with van der Waals surface area (Å²) in [6.45, 7) is 3.82. The Morgan fingerprint density at radius 2 is 1.94 bits per heavy atom. The van der Waals surface area contributed by atoms with Gasteiger partial charge in [0.2, 0.25) is 0 Å². The van der Waals surface area contributed by atoms with E-state index in [0.29, 0.717) is 10.0 Å². The van der Waals surface area contributed by atoms with Crippen molar-refractivity contribution in [3.8, 4) is 0 Å². The lowest BCUT2D eigenvalue weighted by atomic mass is 10.1. The summed E-state index contributed by atoms with van der Waals surface area (Å²) in [5.74, 6) is 0. The van der Waals surface area contributed by atoms with Crippen LogP contribution in [-0.4, -0.2) is 42.8 Å². The van der Waals surface area contributed by atoms with Crippen LogP contribution in [0.5, 0.6) is 0 Å². The number of nitrogens with one attached hydrogen (secondary N) is 1. The van der Waals surface area contributed by atoms with Gasteiger partial charge in [-0.3, -0.25) is 4.90 Å². The summed E-state index contributed by atoms with van der Waals surface area (Å²) < 4.78 is 0. The Morgan fingerprint density at radius 3 is 2.61 bits per heavy atom. The number of hydrogen-bond donors (Lipinski definition) is 2. The topological polar surface area (TPSA) is 35.5 Å². The first-order valence-corrected chi connectivity index (χ1v) is 6.99. The van der Waals surface area contributed by atoms with E-state index < -0.39 is 0 Å². The third-order valence-electron chi connectivity index (χ3n) is 3.32. The van der Waals surface area contributed by atoms with Crippen LogP contribution < -0.4 is 5.32 Å². The molecule has 100 valence electrons. The monoisotopic (exact) mass is 288 g/mol. The van der Waals surface area contributed by atoms with Crippen molar-refractivity contribution in [3.63, 3.8) is 0 Å². The molecule has 1 fully saturated rings. The van der Waals surface area contributed by atoms with Crippen LogP contribution >= 0.6 is 23.2 Å². The molecule has 1 aliphatic heterocycles. The minimum Gasteiger partial charge on any atom is -0.394 e. The third kappa shape index (κ3) is 3.16. The van der Waals surface area contributed by atoms with E-state index in [4.69, 9.17) is 23.2 Å². The summed E-state index contributed by atoms with van der Waals surface area (Å²) in [5, 5.41) is 14.3. The molecule has 1 heterocycles. The van der Waals surface area contributed by atoms with Crippen molar-refractivity contribution in [2.75, 3.05) is 32.8 Å². The Hall–Kier alpha value is -0.320. The maximum absolute atomic E-state index is 9.69. The van der Waals surface area contributed by atoms with Crippen LogP contribution in [0.1, 0.15) is 18.0 Å². The molecule has 1 aromatic rings. The molecule has 1 saturated heterocycles. The zero-order valence-corrected chi connectivity index (χ0v) is 11.7. The second-order valence-electron chi connectivity index (χ2n) is 4.47. The summed E-state index contributed by atoms with van der Waals surface area (Å²) in [6.07, 6.45) is 1.07. The molecule has 0 spiro atoms. The van der Waals surface area contributed by atoms with Gasteiger partial charge in [0.1, 0.15) is 0 Å². The van der Waals surface area contributed by atoms with Crippen molar-refractivity contribution in [1.29, 1.82) is 0 Å². The van der Waals surface area contributed by atoms with Crippen molar-refractivity contribution in [1.82, 2.24) is 10.2 Å². The Balaban J connectivity index is 2.26. The Kier molecular flexibility index (Phi) is 5.27. The van der Waals surface area contributed by atoms with Crippen molar-refractivity contribution in [2.45, 2.75) is 12.5 Å². The van der Waals surface area contributed by atoms with Crippen LogP contribution in [0.15, 0.2) is 18.2 Å². The molecule has 3 nitrogen and oxygen atoms in total. The largest absolute Gasteiger partial charge is 0.394 e. The quantitative estimate of drug-likeness (QED) is 0.896. The predicted molar refractivity (Wildman–Crippen MR) is 75.3 cm³/mol. The fraction of sp³-hybridized carbons (Fsp3) is 0.538. The molecule has 1 aromatic carbocycles. The first kappa shape index (κ1) is 14.1. The Bertz CT molecular complexity index is 372. The first-order valence-electron chi connectivity index (χ1n) is 6.23. The van der Waals surface area contributed by atoms with E-state index in [9.17, 15) is 5.11 Å². The van der Waals surface area contributed by atoms with Gasteiger partial charge in [-0.15, -0.1) is 0 Å². The number of benzene rings is 1. The summed E-state index contributed by atoms with van der Waals surface area (Å²) in [4.78, 5) is 2.24. The lowest BCUT2D eigenvalue weighted by Gasteiger charge is -2.30.